The molecule has 0 aliphatic carbocycles. The zero-order valence-corrected chi connectivity index (χ0v) is 48.2. The Kier molecular flexibility index (Phi) is 46.7. The molecule has 0 aliphatic rings. The van der Waals surface area contributed by atoms with Gasteiger partial charge in [0.15, 0.2) is 0 Å². The van der Waals surface area contributed by atoms with Crippen LogP contribution in [0.15, 0.2) is 0 Å². The molecule has 11 N–H and O–H groups in total. The predicted octanol–water partition coefficient (Wildman–Crippen LogP) is 2.84. The first-order chi connectivity index (χ1) is 37.9. The van der Waals surface area contributed by atoms with Gasteiger partial charge >= 0.3 is 23.9 Å². The molecule has 0 aromatic rings. The monoisotopic (exact) mass is 1240 g/mol. The molecule has 0 aromatic heterocycles. The van der Waals surface area contributed by atoms with Gasteiger partial charge < -0.3 is 71.3 Å². The average Bonchev–Trinajstić information content (AvgIpc) is 3.39. The van der Waals surface area contributed by atoms with E-state index in [-0.39, 0.29) is 122 Å². The summed E-state index contributed by atoms with van der Waals surface area (Å²) in [7, 11) is 0. The molecule has 27 heteroatoms. The quantitative estimate of drug-likeness (QED) is 0.0237. The van der Waals surface area contributed by atoms with Crippen molar-refractivity contribution in [2.75, 3.05) is 72.5 Å². The number of hydrogen-bond donors (Lipinski definition) is 11. The number of Topliss-reactive ketones (excluding diaryl/α,β-unsaturated/α-hetero) is 1. The molecule has 454 valence electrons. The number of carbonyl (C=O) groups is 11. The number of halogens is 1. The van der Waals surface area contributed by atoms with Crippen LogP contribution < -0.4 is 35.4 Å². The molecule has 0 aliphatic heterocycles. The lowest BCUT2D eigenvalue weighted by Crippen LogP contribution is -2.45. The predicted molar refractivity (Wildman–Crippen MR) is 296 cm³/mol. The van der Waals surface area contributed by atoms with E-state index in [2.05, 4.69) is 35.4 Å². The van der Waals surface area contributed by atoms with E-state index in [0.29, 0.717) is 19.4 Å². The first kappa shape index (κ1) is 73.9. The Morgan fingerprint density at radius 1 is 0.354 bits per heavy atom. The first-order valence-electron chi connectivity index (χ1n) is 27.6. The van der Waals surface area contributed by atoms with E-state index in [9.17, 15) is 68.1 Å². The molecule has 6 amide bonds. The molecule has 0 saturated carbocycles. The van der Waals surface area contributed by atoms with Gasteiger partial charge in [-0.25, -0.2) is 14.4 Å². The molecular formula is C52H90IN7O19. The Bertz CT molecular complexity index is 1800. The van der Waals surface area contributed by atoms with Gasteiger partial charge in [-0.05, 0) is 58.3 Å². The highest BCUT2D eigenvalue weighted by atomic mass is 127. The third-order valence-electron chi connectivity index (χ3n) is 12.1. The molecule has 0 rings (SSSR count). The molecule has 26 nitrogen and oxygen atoms in total. The molecule has 0 spiro atoms. The topological polar surface area (TPSA) is 390 Å². The second kappa shape index (κ2) is 49.9. The van der Waals surface area contributed by atoms with Crippen LogP contribution in [0.1, 0.15) is 167 Å². The highest BCUT2D eigenvalue weighted by Gasteiger charge is 2.26. The molecule has 0 aromatic carbocycles. The second-order valence-corrected chi connectivity index (χ2v) is 19.6. The molecule has 79 heavy (non-hydrogen) atoms. The number of carboxylic acids is 4. The van der Waals surface area contributed by atoms with Crippen LogP contribution in [0, 0.1) is 0 Å². The molecule has 0 bridgehead atoms. The smallest absolute Gasteiger partial charge is 0.326 e. The van der Waals surface area contributed by atoms with Crippen molar-refractivity contribution < 1.29 is 92.1 Å². The van der Waals surface area contributed by atoms with Gasteiger partial charge in [-0.2, -0.15) is 0 Å². The van der Waals surface area contributed by atoms with Crippen LogP contribution in [-0.4, -0.2) is 182 Å². The first-order valence-corrected chi connectivity index (χ1v) is 28.7. The Morgan fingerprint density at radius 2 is 0.696 bits per heavy atom. The van der Waals surface area contributed by atoms with Crippen LogP contribution in [0.5, 0.6) is 0 Å². The van der Waals surface area contributed by atoms with Crippen molar-refractivity contribution in [3.63, 3.8) is 0 Å². The zero-order chi connectivity index (χ0) is 58.9. The largest absolute Gasteiger partial charge is 0.481 e. The SMILES string of the molecule is CC(=O)[C@H](CCCCNC(=O)COCCOCCNC(=O)COCCOCCNC(=O)CC[C@H](NC(=O)CCC(NC(=O)CC[C@H](NC(=O)CCCCCCCCCCCCCCCCC(=O)O)C(=O)O)C(=O)O)C(=O)O)NI. The standard InChI is InChI=1S/C52H90IN7O19/c1-38(61)39(60-53)18-16-17-27-54-47(66)36-78-34-33-77-31-29-56-48(67)37-79-35-32-76-30-28-55-43(62)24-21-40(50(70)71)58-45(64)26-23-42(52(74)75)59-46(65)25-22-41(51(72)73)57-44(63)19-14-12-10-8-6-4-2-3-5-7-9-11-13-15-20-49(68)69/h39-42,60H,2-37H2,1H3,(H,54,66)(H,55,62)(H,56,67)(H,57,63)(H,58,64)(H,59,65)(H,68,69)(H,70,71)(H,72,73)(H,74,75)/t39-,40-,41-,42?/m0/s1. The summed E-state index contributed by atoms with van der Waals surface area (Å²) in [6.07, 6.45) is 14.5. The Morgan fingerprint density at radius 3 is 1.08 bits per heavy atom. The Balaban J connectivity index is 4.15. The molecule has 0 radical (unpaired) electrons. The van der Waals surface area contributed by atoms with Gasteiger partial charge in [0.2, 0.25) is 35.4 Å². The molecule has 0 heterocycles. The van der Waals surface area contributed by atoms with Gasteiger partial charge in [0.05, 0.1) is 45.7 Å². The maximum atomic E-state index is 12.6. The summed E-state index contributed by atoms with van der Waals surface area (Å²) in [6, 6.07) is -4.63. The lowest BCUT2D eigenvalue weighted by Gasteiger charge is -2.18. The van der Waals surface area contributed by atoms with Crippen molar-refractivity contribution in [3.8, 4) is 0 Å². The van der Waals surface area contributed by atoms with Crippen molar-refractivity contribution in [2.45, 2.75) is 192 Å². The van der Waals surface area contributed by atoms with Crippen LogP contribution in [0.4, 0.5) is 0 Å². The summed E-state index contributed by atoms with van der Waals surface area (Å²) >= 11 is 1.95. The number of hydrogen-bond acceptors (Lipinski definition) is 16. The summed E-state index contributed by atoms with van der Waals surface area (Å²) in [6.45, 7) is 2.89. The Hall–Kier alpha value is -5.10. The van der Waals surface area contributed by atoms with Gasteiger partial charge in [-0.1, -0.05) is 77.0 Å². The third-order valence-corrected chi connectivity index (χ3v) is 12.9. The highest BCUT2D eigenvalue weighted by Crippen LogP contribution is 2.14. The summed E-state index contributed by atoms with van der Waals surface area (Å²) in [5.74, 6) is -8.27. The fraction of sp³-hybridized carbons (Fsp3) is 0.788. The Labute approximate surface area is 477 Å². The maximum absolute atomic E-state index is 12.6. The number of rotatable bonds is 55. The van der Waals surface area contributed by atoms with Crippen LogP contribution >= 0.6 is 22.9 Å². The van der Waals surface area contributed by atoms with Gasteiger partial charge in [-0.3, -0.25) is 41.9 Å². The highest BCUT2D eigenvalue weighted by molar-refractivity contribution is 14.1. The summed E-state index contributed by atoms with van der Waals surface area (Å²) in [5.41, 5.74) is 0. The van der Waals surface area contributed by atoms with Gasteiger partial charge in [-0.15, -0.1) is 0 Å². The fourth-order valence-corrected chi connectivity index (χ4v) is 8.35. The van der Waals surface area contributed by atoms with Crippen molar-refractivity contribution in [1.29, 1.82) is 0 Å². The number of aliphatic carboxylic acids is 4. The molecule has 0 fully saturated rings. The number of ketones is 1. The third kappa shape index (κ3) is 46.4. The minimum absolute atomic E-state index is 0.0727. The number of unbranched alkanes of at least 4 members (excludes halogenated alkanes) is 14. The normalized spacial score (nSPS) is 12.5. The number of amides is 6. The molecular weight excluding hydrogens is 1150 g/mol. The van der Waals surface area contributed by atoms with E-state index in [1.807, 2.05) is 22.9 Å². The second-order valence-electron chi connectivity index (χ2n) is 19.0. The molecule has 4 atom stereocenters. The maximum Gasteiger partial charge on any atom is 0.326 e. The van der Waals surface area contributed by atoms with Crippen molar-refractivity contribution in [2.24, 2.45) is 0 Å². The zero-order valence-electron chi connectivity index (χ0n) is 46.1. The average molecular weight is 1240 g/mol. The van der Waals surface area contributed by atoms with Crippen LogP contribution in [0.3, 0.4) is 0 Å². The minimum atomic E-state index is -1.57. The van der Waals surface area contributed by atoms with Gasteiger partial charge in [0, 0.05) is 74.6 Å². The van der Waals surface area contributed by atoms with E-state index in [1.165, 1.54) is 26.2 Å². The molecule has 1 unspecified atom stereocenters. The van der Waals surface area contributed by atoms with E-state index >= 15 is 0 Å². The number of carbonyl (C=O) groups excluding carboxylic acids is 7. The number of nitrogens with one attached hydrogen (secondary N) is 7. The van der Waals surface area contributed by atoms with E-state index in [0.717, 1.165) is 77.0 Å². The van der Waals surface area contributed by atoms with E-state index in [4.69, 9.17) is 24.1 Å². The van der Waals surface area contributed by atoms with E-state index < -0.39 is 84.9 Å². The van der Waals surface area contributed by atoms with Crippen molar-refractivity contribution >= 4 is 88.0 Å². The van der Waals surface area contributed by atoms with Crippen LogP contribution in [0.2, 0.25) is 0 Å². The van der Waals surface area contributed by atoms with Crippen LogP contribution in [-0.2, 0) is 71.7 Å². The molecule has 0 saturated heterocycles. The lowest BCUT2D eigenvalue weighted by atomic mass is 10.0. The van der Waals surface area contributed by atoms with Crippen LogP contribution in [0.25, 0.3) is 0 Å². The summed E-state index contributed by atoms with van der Waals surface area (Å²) in [5, 5.41) is 52.4. The van der Waals surface area contributed by atoms with Crippen molar-refractivity contribution in [3.05, 3.63) is 0 Å². The summed E-state index contributed by atoms with van der Waals surface area (Å²) in [4.78, 5) is 131. The fourth-order valence-electron chi connectivity index (χ4n) is 7.60. The number of carboxylic acid groups (broad SMARTS) is 4. The van der Waals surface area contributed by atoms with Crippen molar-refractivity contribution in [1.82, 2.24) is 35.4 Å². The number of ether oxygens (including phenoxy) is 4. The lowest BCUT2D eigenvalue weighted by molar-refractivity contribution is -0.144. The minimum Gasteiger partial charge on any atom is -0.481 e. The van der Waals surface area contributed by atoms with Gasteiger partial charge in [0.25, 0.3) is 0 Å². The summed E-state index contributed by atoms with van der Waals surface area (Å²) < 4.78 is 24.2. The van der Waals surface area contributed by atoms with E-state index in [1.54, 1.807) is 0 Å². The van der Waals surface area contributed by atoms with Gasteiger partial charge in [0.1, 0.15) is 37.1 Å².